The zero-order valence-electron chi connectivity index (χ0n) is 16.5. The molecular formula is C20H36N4O2. The van der Waals surface area contributed by atoms with E-state index in [-0.39, 0.29) is 0 Å². The number of nitrogens with zero attached hydrogens (tertiary/aromatic N) is 2. The minimum Gasteiger partial charge on any atom is -0.469 e. The van der Waals surface area contributed by atoms with Crippen molar-refractivity contribution in [1.82, 2.24) is 15.5 Å². The molecule has 0 aliphatic heterocycles. The molecule has 6 heteroatoms. The van der Waals surface area contributed by atoms with Crippen molar-refractivity contribution in [3.05, 3.63) is 24.2 Å². The van der Waals surface area contributed by atoms with Crippen LogP contribution in [0.3, 0.4) is 0 Å². The fraction of sp³-hybridized carbons (Fsp3) is 0.750. The van der Waals surface area contributed by atoms with Gasteiger partial charge in [-0.15, -0.1) is 0 Å². The number of nitrogens with one attached hydrogen (secondary N) is 2. The molecule has 2 rings (SSSR count). The molecule has 148 valence electrons. The van der Waals surface area contributed by atoms with Crippen LogP contribution < -0.4 is 10.6 Å². The number of hydrogen-bond acceptors (Lipinski definition) is 4. The van der Waals surface area contributed by atoms with Gasteiger partial charge in [0.2, 0.25) is 0 Å². The molecule has 1 aromatic rings. The fourth-order valence-corrected chi connectivity index (χ4v) is 3.27. The zero-order valence-corrected chi connectivity index (χ0v) is 16.5. The van der Waals surface area contributed by atoms with Crippen LogP contribution in [0.5, 0.6) is 0 Å². The summed E-state index contributed by atoms with van der Waals surface area (Å²) in [6.45, 7) is 4.44. The van der Waals surface area contributed by atoms with Crippen LogP contribution in [0.25, 0.3) is 0 Å². The lowest BCUT2D eigenvalue weighted by atomic mass is 9.96. The second-order valence-electron chi connectivity index (χ2n) is 7.12. The highest BCUT2D eigenvalue weighted by atomic mass is 16.5. The standard InChI is InChI=1S/C20H36N4O2/c1-24(14-7-16-25-2)15-13-22-20(23-18-8-4-3-5-9-18)21-12-11-19-10-6-17-26-19/h6,10,17-18H,3-5,7-9,11-16H2,1-2H3,(H2,21,22,23). The van der Waals surface area contributed by atoms with Crippen LogP contribution in [0, 0.1) is 0 Å². The Kier molecular flexibility index (Phi) is 10.2. The highest BCUT2D eigenvalue weighted by Gasteiger charge is 2.14. The monoisotopic (exact) mass is 364 g/mol. The molecule has 0 bridgehead atoms. The quantitative estimate of drug-likeness (QED) is 0.359. The maximum atomic E-state index is 5.41. The summed E-state index contributed by atoms with van der Waals surface area (Å²) in [4.78, 5) is 7.10. The molecule has 1 aliphatic carbocycles. The number of ether oxygens (including phenoxy) is 1. The summed E-state index contributed by atoms with van der Waals surface area (Å²) in [6, 6.07) is 4.50. The van der Waals surface area contributed by atoms with Crippen molar-refractivity contribution >= 4 is 5.96 Å². The van der Waals surface area contributed by atoms with Gasteiger partial charge in [0.25, 0.3) is 0 Å². The maximum absolute atomic E-state index is 5.41. The normalized spacial score (nSPS) is 16.2. The lowest BCUT2D eigenvalue weighted by Crippen LogP contribution is -2.45. The van der Waals surface area contributed by atoms with Gasteiger partial charge in [-0.25, -0.2) is 0 Å². The largest absolute Gasteiger partial charge is 0.469 e. The molecule has 26 heavy (non-hydrogen) atoms. The molecule has 2 N–H and O–H groups in total. The Morgan fingerprint density at radius 1 is 1.31 bits per heavy atom. The van der Waals surface area contributed by atoms with Crippen LogP contribution in [0.4, 0.5) is 0 Å². The summed E-state index contributed by atoms with van der Waals surface area (Å²) in [6.07, 6.45) is 10.2. The minimum absolute atomic E-state index is 0.554. The lowest BCUT2D eigenvalue weighted by molar-refractivity contribution is 0.180. The Hall–Kier alpha value is -1.53. The average Bonchev–Trinajstić information content (AvgIpc) is 3.16. The van der Waals surface area contributed by atoms with Gasteiger partial charge in [-0.3, -0.25) is 4.99 Å². The molecule has 1 aromatic heterocycles. The summed E-state index contributed by atoms with van der Waals surface area (Å²) in [7, 11) is 3.89. The van der Waals surface area contributed by atoms with Gasteiger partial charge in [-0.05, 0) is 38.4 Å². The molecule has 0 atom stereocenters. The topological polar surface area (TPSA) is 62.0 Å². The van der Waals surface area contributed by atoms with E-state index in [4.69, 9.17) is 14.1 Å². The Morgan fingerprint density at radius 2 is 2.15 bits per heavy atom. The molecule has 6 nitrogen and oxygen atoms in total. The van der Waals surface area contributed by atoms with Gasteiger partial charge in [0.15, 0.2) is 5.96 Å². The van der Waals surface area contributed by atoms with E-state index in [2.05, 4.69) is 22.6 Å². The predicted octanol–water partition coefficient (Wildman–Crippen LogP) is 2.66. The number of aliphatic imine (C=N–C) groups is 1. The Labute approximate surface area is 158 Å². The molecule has 0 amide bonds. The van der Waals surface area contributed by atoms with Crippen molar-refractivity contribution < 1.29 is 9.15 Å². The van der Waals surface area contributed by atoms with Gasteiger partial charge >= 0.3 is 0 Å². The third kappa shape index (κ3) is 8.72. The molecule has 0 saturated heterocycles. The highest BCUT2D eigenvalue weighted by molar-refractivity contribution is 5.80. The molecule has 0 unspecified atom stereocenters. The molecule has 0 spiro atoms. The van der Waals surface area contributed by atoms with Gasteiger partial charge in [0, 0.05) is 45.8 Å². The van der Waals surface area contributed by atoms with Gasteiger partial charge in [0.1, 0.15) is 5.76 Å². The molecule has 1 fully saturated rings. The van der Waals surface area contributed by atoms with E-state index >= 15 is 0 Å². The SMILES string of the molecule is COCCCN(C)CCN=C(NCCc1ccco1)NC1CCCCC1. The Bertz CT molecular complexity index is 484. The van der Waals surface area contributed by atoms with Gasteiger partial charge in [-0.1, -0.05) is 19.3 Å². The number of methoxy groups -OCH3 is 1. The van der Waals surface area contributed by atoms with Crippen LogP contribution in [-0.4, -0.2) is 63.8 Å². The van der Waals surface area contributed by atoms with Crippen LogP contribution >= 0.6 is 0 Å². The van der Waals surface area contributed by atoms with Crippen molar-refractivity contribution in [2.24, 2.45) is 4.99 Å². The average molecular weight is 365 g/mol. The smallest absolute Gasteiger partial charge is 0.191 e. The van der Waals surface area contributed by atoms with E-state index in [1.54, 1.807) is 13.4 Å². The van der Waals surface area contributed by atoms with Crippen molar-refractivity contribution in [3.63, 3.8) is 0 Å². The summed E-state index contributed by atoms with van der Waals surface area (Å²) in [5.74, 6) is 1.95. The second kappa shape index (κ2) is 12.8. The van der Waals surface area contributed by atoms with E-state index in [0.717, 1.165) is 57.3 Å². The number of hydrogen-bond donors (Lipinski definition) is 2. The summed E-state index contributed by atoms with van der Waals surface area (Å²) in [5.41, 5.74) is 0. The molecule has 1 heterocycles. The third-order valence-electron chi connectivity index (χ3n) is 4.83. The van der Waals surface area contributed by atoms with Crippen molar-refractivity contribution in [3.8, 4) is 0 Å². The zero-order chi connectivity index (χ0) is 18.5. The molecular weight excluding hydrogens is 328 g/mol. The van der Waals surface area contributed by atoms with Gasteiger partial charge in [0.05, 0.1) is 12.8 Å². The number of furan rings is 1. The van der Waals surface area contributed by atoms with Crippen LogP contribution in [-0.2, 0) is 11.2 Å². The van der Waals surface area contributed by atoms with E-state index < -0.39 is 0 Å². The molecule has 0 radical (unpaired) electrons. The molecule has 1 saturated carbocycles. The van der Waals surface area contributed by atoms with Crippen LogP contribution in [0.15, 0.2) is 27.8 Å². The summed E-state index contributed by atoms with van der Waals surface area (Å²) >= 11 is 0. The third-order valence-corrected chi connectivity index (χ3v) is 4.83. The summed E-state index contributed by atoms with van der Waals surface area (Å²) in [5, 5.41) is 7.10. The Balaban J connectivity index is 1.76. The van der Waals surface area contributed by atoms with Crippen LogP contribution in [0.1, 0.15) is 44.3 Å². The van der Waals surface area contributed by atoms with Crippen molar-refractivity contribution in [2.75, 3.05) is 46.9 Å². The first kappa shape index (κ1) is 20.8. The maximum Gasteiger partial charge on any atom is 0.191 e. The number of rotatable bonds is 11. The lowest BCUT2D eigenvalue weighted by Gasteiger charge is -2.25. The van der Waals surface area contributed by atoms with Crippen molar-refractivity contribution in [2.45, 2.75) is 51.0 Å². The van der Waals surface area contributed by atoms with E-state index in [1.807, 2.05) is 12.1 Å². The first-order chi connectivity index (χ1) is 12.8. The second-order valence-corrected chi connectivity index (χ2v) is 7.12. The van der Waals surface area contributed by atoms with Gasteiger partial charge < -0.3 is 24.7 Å². The minimum atomic E-state index is 0.554. The highest BCUT2D eigenvalue weighted by Crippen LogP contribution is 2.17. The fourth-order valence-electron chi connectivity index (χ4n) is 3.27. The Morgan fingerprint density at radius 3 is 2.88 bits per heavy atom. The van der Waals surface area contributed by atoms with E-state index in [9.17, 15) is 0 Å². The van der Waals surface area contributed by atoms with E-state index in [0.29, 0.717) is 6.04 Å². The number of guanidine groups is 1. The summed E-state index contributed by atoms with van der Waals surface area (Å²) < 4.78 is 10.5. The molecule has 1 aliphatic rings. The van der Waals surface area contributed by atoms with E-state index in [1.165, 1.54) is 32.1 Å². The van der Waals surface area contributed by atoms with Crippen LogP contribution in [0.2, 0.25) is 0 Å². The van der Waals surface area contributed by atoms with Gasteiger partial charge in [-0.2, -0.15) is 0 Å². The first-order valence-corrected chi connectivity index (χ1v) is 10.0. The predicted molar refractivity (Wildman–Crippen MR) is 107 cm³/mol. The van der Waals surface area contributed by atoms with Crippen molar-refractivity contribution in [1.29, 1.82) is 0 Å². The number of likely N-dealkylation sites (N-methyl/N-ethyl adjacent to an activating group) is 1. The molecule has 0 aromatic carbocycles. The first-order valence-electron chi connectivity index (χ1n) is 10.0.